The Morgan fingerprint density at radius 2 is 1.82 bits per heavy atom. The van der Waals surface area contributed by atoms with Crippen molar-refractivity contribution in [1.29, 1.82) is 0 Å². The van der Waals surface area contributed by atoms with Crippen LogP contribution in [0.4, 0.5) is 5.69 Å². The predicted molar refractivity (Wildman–Crippen MR) is 78.1 cm³/mol. The first kappa shape index (κ1) is 11.9. The van der Waals surface area contributed by atoms with Crippen LogP contribution >= 0.6 is 15.9 Å². The molecule has 0 radical (unpaired) electrons. The lowest BCUT2D eigenvalue weighted by molar-refractivity contribution is 1.34. The third-order valence-corrected chi connectivity index (χ3v) is 3.01. The molecule has 1 N–H and O–H groups in total. The summed E-state index contributed by atoms with van der Waals surface area (Å²) in [5.74, 6) is 0. The minimum Gasteiger partial charge on any atom is -0.381 e. The van der Waals surface area contributed by atoms with E-state index in [-0.39, 0.29) is 0 Å². The summed E-state index contributed by atoms with van der Waals surface area (Å²) in [4.78, 5) is 0. The standard InChI is InChI=1S/C15H14BrN/c1-12(13-6-3-2-4-7-13)11-17-15-9-5-8-14(16)10-15/h2-10,17H,1,11H2. The van der Waals surface area contributed by atoms with Crippen LogP contribution in [-0.2, 0) is 0 Å². The molecule has 0 saturated carbocycles. The lowest BCUT2D eigenvalue weighted by atomic mass is 10.1. The highest BCUT2D eigenvalue weighted by molar-refractivity contribution is 9.10. The maximum absolute atomic E-state index is 4.09. The van der Waals surface area contributed by atoms with E-state index in [4.69, 9.17) is 0 Å². The Balaban J connectivity index is 1.97. The highest BCUT2D eigenvalue weighted by Gasteiger charge is 1.98. The van der Waals surface area contributed by atoms with E-state index in [9.17, 15) is 0 Å². The minimum atomic E-state index is 0.750. The molecule has 86 valence electrons. The Bertz CT molecular complexity index is 505. The molecule has 0 spiro atoms. The SMILES string of the molecule is C=C(CNc1cccc(Br)c1)c1ccccc1. The van der Waals surface area contributed by atoms with E-state index in [1.807, 2.05) is 36.4 Å². The van der Waals surface area contributed by atoms with E-state index >= 15 is 0 Å². The molecule has 2 heteroatoms. The van der Waals surface area contributed by atoms with Gasteiger partial charge in [-0.3, -0.25) is 0 Å². The number of hydrogen-bond donors (Lipinski definition) is 1. The van der Waals surface area contributed by atoms with Gasteiger partial charge in [-0.2, -0.15) is 0 Å². The average Bonchev–Trinajstić information content (AvgIpc) is 2.37. The molecule has 0 saturated heterocycles. The summed E-state index contributed by atoms with van der Waals surface area (Å²) in [6, 6.07) is 18.3. The zero-order valence-corrected chi connectivity index (χ0v) is 11.1. The molecule has 0 fully saturated rings. The Labute approximate surface area is 110 Å². The van der Waals surface area contributed by atoms with Crippen LogP contribution in [0.1, 0.15) is 5.56 Å². The Morgan fingerprint density at radius 1 is 1.06 bits per heavy atom. The van der Waals surface area contributed by atoms with Gasteiger partial charge in [0.15, 0.2) is 0 Å². The van der Waals surface area contributed by atoms with Crippen molar-refractivity contribution in [2.45, 2.75) is 0 Å². The molecule has 0 heterocycles. The van der Waals surface area contributed by atoms with Crippen LogP contribution in [0.2, 0.25) is 0 Å². The summed E-state index contributed by atoms with van der Waals surface area (Å²) in [5, 5.41) is 3.35. The maximum atomic E-state index is 4.09. The van der Waals surface area contributed by atoms with Crippen molar-refractivity contribution in [1.82, 2.24) is 0 Å². The van der Waals surface area contributed by atoms with Crippen LogP contribution in [-0.4, -0.2) is 6.54 Å². The molecule has 0 aromatic heterocycles. The molecular formula is C15H14BrN. The second-order valence-corrected chi connectivity index (χ2v) is 4.75. The van der Waals surface area contributed by atoms with E-state index in [2.05, 4.69) is 46.0 Å². The van der Waals surface area contributed by atoms with Crippen LogP contribution in [0.5, 0.6) is 0 Å². The Morgan fingerprint density at radius 3 is 2.53 bits per heavy atom. The van der Waals surface area contributed by atoms with Crippen molar-refractivity contribution in [2.24, 2.45) is 0 Å². The number of benzene rings is 2. The zero-order valence-electron chi connectivity index (χ0n) is 9.49. The van der Waals surface area contributed by atoms with Gasteiger partial charge in [-0.05, 0) is 29.3 Å². The quantitative estimate of drug-likeness (QED) is 0.868. The number of anilines is 1. The summed E-state index contributed by atoms with van der Waals surface area (Å²) in [6.45, 7) is 4.84. The summed E-state index contributed by atoms with van der Waals surface area (Å²) >= 11 is 3.45. The topological polar surface area (TPSA) is 12.0 Å². The largest absolute Gasteiger partial charge is 0.381 e. The molecule has 0 unspecified atom stereocenters. The van der Waals surface area contributed by atoms with Crippen molar-refractivity contribution in [3.63, 3.8) is 0 Å². The van der Waals surface area contributed by atoms with Crippen molar-refractivity contribution in [3.05, 3.63) is 71.2 Å². The van der Waals surface area contributed by atoms with Gasteiger partial charge < -0.3 is 5.32 Å². The Kier molecular flexibility index (Phi) is 3.99. The predicted octanol–water partition coefficient (Wildman–Crippen LogP) is 4.57. The molecular weight excluding hydrogens is 274 g/mol. The van der Waals surface area contributed by atoms with Gasteiger partial charge in [0.05, 0.1) is 0 Å². The van der Waals surface area contributed by atoms with Gasteiger partial charge in [-0.25, -0.2) is 0 Å². The first-order valence-electron chi connectivity index (χ1n) is 5.48. The van der Waals surface area contributed by atoms with Crippen molar-refractivity contribution in [3.8, 4) is 0 Å². The zero-order chi connectivity index (χ0) is 12.1. The van der Waals surface area contributed by atoms with Gasteiger partial charge in [-0.15, -0.1) is 0 Å². The third kappa shape index (κ3) is 3.46. The van der Waals surface area contributed by atoms with E-state index in [1.165, 1.54) is 5.56 Å². The van der Waals surface area contributed by atoms with E-state index < -0.39 is 0 Å². The number of rotatable bonds is 4. The molecule has 0 aliphatic carbocycles. The van der Waals surface area contributed by atoms with Crippen LogP contribution in [0.25, 0.3) is 5.57 Å². The molecule has 2 rings (SSSR count). The summed E-state index contributed by atoms with van der Waals surface area (Å²) in [5.41, 5.74) is 3.36. The van der Waals surface area contributed by atoms with E-state index in [1.54, 1.807) is 0 Å². The van der Waals surface area contributed by atoms with Crippen molar-refractivity contribution >= 4 is 27.2 Å². The van der Waals surface area contributed by atoms with Crippen LogP contribution < -0.4 is 5.32 Å². The summed E-state index contributed by atoms with van der Waals surface area (Å²) in [6.07, 6.45) is 0. The van der Waals surface area contributed by atoms with Crippen LogP contribution in [0.15, 0.2) is 65.6 Å². The second-order valence-electron chi connectivity index (χ2n) is 3.83. The number of halogens is 1. The molecule has 0 bridgehead atoms. The summed E-state index contributed by atoms with van der Waals surface area (Å²) in [7, 11) is 0. The lowest BCUT2D eigenvalue weighted by Crippen LogP contribution is -2.03. The molecule has 0 amide bonds. The first-order valence-corrected chi connectivity index (χ1v) is 6.27. The van der Waals surface area contributed by atoms with Crippen LogP contribution in [0.3, 0.4) is 0 Å². The van der Waals surface area contributed by atoms with Crippen molar-refractivity contribution < 1.29 is 0 Å². The van der Waals surface area contributed by atoms with Gasteiger partial charge in [0.2, 0.25) is 0 Å². The van der Waals surface area contributed by atoms with Gasteiger partial charge in [0.25, 0.3) is 0 Å². The molecule has 0 aliphatic rings. The molecule has 2 aromatic carbocycles. The smallest absolute Gasteiger partial charge is 0.0400 e. The fraction of sp³-hybridized carbons (Fsp3) is 0.0667. The van der Waals surface area contributed by atoms with E-state index in [0.717, 1.165) is 22.3 Å². The molecule has 17 heavy (non-hydrogen) atoms. The normalized spacial score (nSPS) is 9.94. The van der Waals surface area contributed by atoms with Crippen molar-refractivity contribution in [2.75, 3.05) is 11.9 Å². The highest BCUT2D eigenvalue weighted by atomic mass is 79.9. The van der Waals surface area contributed by atoms with E-state index in [0.29, 0.717) is 0 Å². The Hall–Kier alpha value is -1.54. The molecule has 0 aliphatic heterocycles. The fourth-order valence-electron chi connectivity index (χ4n) is 1.58. The highest BCUT2D eigenvalue weighted by Crippen LogP contribution is 2.17. The van der Waals surface area contributed by atoms with Crippen LogP contribution in [0, 0.1) is 0 Å². The number of hydrogen-bond acceptors (Lipinski definition) is 1. The molecule has 0 atom stereocenters. The van der Waals surface area contributed by atoms with Gasteiger partial charge in [-0.1, -0.05) is 58.9 Å². The maximum Gasteiger partial charge on any atom is 0.0400 e. The average molecular weight is 288 g/mol. The molecule has 2 aromatic rings. The molecule has 1 nitrogen and oxygen atoms in total. The fourth-order valence-corrected chi connectivity index (χ4v) is 1.98. The van der Waals surface area contributed by atoms with Gasteiger partial charge in [0, 0.05) is 16.7 Å². The second kappa shape index (κ2) is 5.69. The summed E-state index contributed by atoms with van der Waals surface area (Å²) < 4.78 is 1.08. The minimum absolute atomic E-state index is 0.750. The third-order valence-electron chi connectivity index (χ3n) is 2.51. The number of nitrogens with one attached hydrogen (secondary N) is 1. The monoisotopic (exact) mass is 287 g/mol. The van der Waals surface area contributed by atoms with Gasteiger partial charge >= 0.3 is 0 Å². The van der Waals surface area contributed by atoms with Gasteiger partial charge in [0.1, 0.15) is 0 Å². The first-order chi connectivity index (χ1) is 8.25. The lowest BCUT2D eigenvalue weighted by Gasteiger charge is -2.09.